The van der Waals surface area contributed by atoms with E-state index < -0.39 is 5.60 Å². The lowest BCUT2D eigenvalue weighted by molar-refractivity contribution is -0.157. The molecule has 2 aromatic heterocycles. The second-order valence-electron chi connectivity index (χ2n) is 10.6. The van der Waals surface area contributed by atoms with Gasteiger partial charge in [-0.25, -0.2) is 15.0 Å². The molecule has 2 heterocycles. The number of thiazole rings is 1. The summed E-state index contributed by atoms with van der Waals surface area (Å²) in [6, 6.07) is 6.27. The number of nitrogens with zero attached hydrogens (tertiary/aromatic N) is 3. The van der Waals surface area contributed by atoms with Crippen LogP contribution in [0.5, 0.6) is 0 Å². The Morgan fingerprint density at radius 3 is 2.80 bits per heavy atom. The van der Waals surface area contributed by atoms with Crippen LogP contribution in [0.25, 0.3) is 10.4 Å². The first-order chi connectivity index (χ1) is 16.7. The lowest BCUT2D eigenvalue weighted by Crippen LogP contribution is -2.45. The lowest BCUT2D eigenvalue weighted by Gasteiger charge is -2.44. The Hall–Kier alpha value is -2.84. The zero-order valence-corrected chi connectivity index (χ0v) is 21.5. The van der Waals surface area contributed by atoms with Gasteiger partial charge in [-0.1, -0.05) is 19.9 Å². The number of rotatable bonds is 5. The number of carbonyl (C=O) groups is 1. The molecule has 0 radical (unpaired) electrons. The second-order valence-corrected chi connectivity index (χ2v) is 11.6. The van der Waals surface area contributed by atoms with Gasteiger partial charge in [-0.2, -0.15) is 0 Å². The predicted octanol–water partition coefficient (Wildman–Crippen LogP) is 5.33. The second kappa shape index (κ2) is 8.99. The first kappa shape index (κ1) is 23.9. The molecule has 3 aromatic rings. The Balaban J connectivity index is 1.38. The van der Waals surface area contributed by atoms with Gasteiger partial charge in [0.15, 0.2) is 0 Å². The highest BCUT2D eigenvalue weighted by molar-refractivity contribution is 7.15. The van der Waals surface area contributed by atoms with Gasteiger partial charge in [-0.05, 0) is 79.7 Å². The fourth-order valence-electron chi connectivity index (χ4n) is 5.62. The fourth-order valence-corrected chi connectivity index (χ4v) is 6.64. The normalized spacial score (nSPS) is 23.1. The molecule has 5 rings (SSSR count). The first-order valence-electron chi connectivity index (χ1n) is 12.2. The molecule has 2 aliphatic rings. The van der Waals surface area contributed by atoms with Crippen molar-refractivity contribution in [2.24, 2.45) is 11.3 Å². The topological polar surface area (TPSA) is 97.2 Å². The van der Waals surface area contributed by atoms with Crippen LogP contribution in [0.1, 0.15) is 61.4 Å². The summed E-state index contributed by atoms with van der Waals surface area (Å²) >= 11 is 1.51. The zero-order valence-electron chi connectivity index (χ0n) is 20.7. The quantitative estimate of drug-likeness (QED) is 0.465. The molecule has 0 amide bonds. The van der Waals surface area contributed by atoms with Crippen molar-refractivity contribution in [1.82, 2.24) is 15.0 Å². The number of hydrogen-bond acceptors (Lipinski definition) is 8. The molecule has 2 aliphatic carbocycles. The number of ether oxygens (including phenoxy) is 1. The van der Waals surface area contributed by atoms with Gasteiger partial charge in [0.05, 0.1) is 17.9 Å². The summed E-state index contributed by atoms with van der Waals surface area (Å²) in [5.41, 5.74) is 4.01. The summed E-state index contributed by atoms with van der Waals surface area (Å²) in [6.45, 7) is 6.10. The lowest BCUT2D eigenvalue weighted by atomic mass is 9.63. The fraction of sp³-hybridized carbons (Fsp3) is 0.481. The molecule has 1 aromatic carbocycles. The summed E-state index contributed by atoms with van der Waals surface area (Å²) in [5, 5.41) is 15.6. The molecule has 8 heteroatoms. The van der Waals surface area contributed by atoms with E-state index in [-0.39, 0.29) is 17.3 Å². The van der Waals surface area contributed by atoms with Crippen molar-refractivity contribution >= 4 is 28.9 Å². The monoisotopic (exact) mass is 492 g/mol. The number of benzene rings is 1. The number of esters is 1. The average Bonchev–Trinajstić information content (AvgIpc) is 3.47. The van der Waals surface area contributed by atoms with Gasteiger partial charge in [-0.15, -0.1) is 11.3 Å². The van der Waals surface area contributed by atoms with Gasteiger partial charge in [0.25, 0.3) is 0 Å². The minimum atomic E-state index is -1.06. The molecule has 0 bridgehead atoms. The molecular weight excluding hydrogens is 460 g/mol. The van der Waals surface area contributed by atoms with Crippen LogP contribution in [0.3, 0.4) is 0 Å². The molecule has 7 nitrogen and oxygen atoms in total. The number of carbonyl (C=O) groups excluding carboxylic acids is 1. The Morgan fingerprint density at radius 2 is 2.03 bits per heavy atom. The van der Waals surface area contributed by atoms with Crippen molar-refractivity contribution in [3.8, 4) is 10.4 Å². The number of aromatic nitrogens is 3. The number of fused-ring (bicyclic) bond motifs is 1. The van der Waals surface area contributed by atoms with Crippen molar-refractivity contribution in [3.63, 3.8) is 0 Å². The number of nitrogens with one attached hydrogen (secondary N) is 1. The van der Waals surface area contributed by atoms with E-state index in [2.05, 4.69) is 40.4 Å². The highest BCUT2D eigenvalue weighted by Gasteiger charge is 2.49. The van der Waals surface area contributed by atoms with Crippen LogP contribution in [0.2, 0.25) is 0 Å². The van der Waals surface area contributed by atoms with Gasteiger partial charge < -0.3 is 15.2 Å². The maximum atomic E-state index is 12.2. The average molecular weight is 493 g/mol. The number of aryl methyl sites for hydroxylation is 3. The minimum absolute atomic E-state index is 0.205. The number of methoxy groups -OCH3 is 1. The van der Waals surface area contributed by atoms with Crippen molar-refractivity contribution < 1.29 is 14.6 Å². The molecule has 184 valence electrons. The zero-order chi connectivity index (χ0) is 24.8. The van der Waals surface area contributed by atoms with Crippen LogP contribution >= 0.6 is 11.3 Å². The van der Waals surface area contributed by atoms with Crippen LogP contribution < -0.4 is 5.32 Å². The molecule has 0 saturated heterocycles. The molecule has 2 unspecified atom stereocenters. The first-order valence-corrected chi connectivity index (χ1v) is 13.0. The van der Waals surface area contributed by atoms with Crippen LogP contribution in [0.4, 0.5) is 11.6 Å². The van der Waals surface area contributed by atoms with Gasteiger partial charge >= 0.3 is 5.97 Å². The van der Waals surface area contributed by atoms with E-state index in [0.717, 1.165) is 46.6 Å². The molecule has 2 atom stereocenters. The van der Waals surface area contributed by atoms with Gasteiger partial charge in [-0.3, -0.25) is 4.79 Å². The van der Waals surface area contributed by atoms with E-state index >= 15 is 0 Å². The number of hydrogen-bond donors (Lipinski definition) is 2. The largest absolute Gasteiger partial charge is 0.469 e. The third-order valence-electron chi connectivity index (χ3n) is 7.36. The van der Waals surface area contributed by atoms with Crippen molar-refractivity contribution in [2.75, 3.05) is 12.4 Å². The third-order valence-corrected chi connectivity index (χ3v) is 8.60. The molecule has 0 spiro atoms. The van der Waals surface area contributed by atoms with Crippen LogP contribution in [-0.4, -0.2) is 33.1 Å². The van der Waals surface area contributed by atoms with E-state index in [4.69, 9.17) is 9.72 Å². The maximum absolute atomic E-state index is 12.2. The van der Waals surface area contributed by atoms with Crippen LogP contribution in [-0.2, 0) is 28.0 Å². The minimum Gasteiger partial charge on any atom is -0.469 e. The maximum Gasteiger partial charge on any atom is 0.309 e. The van der Waals surface area contributed by atoms with Crippen LogP contribution in [0.15, 0.2) is 30.6 Å². The summed E-state index contributed by atoms with van der Waals surface area (Å²) in [6.07, 6.45) is 8.50. The van der Waals surface area contributed by atoms with E-state index in [0.29, 0.717) is 30.2 Å². The van der Waals surface area contributed by atoms with Crippen molar-refractivity contribution in [3.05, 3.63) is 52.4 Å². The third kappa shape index (κ3) is 4.69. The highest BCUT2D eigenvalue weighted by atomic mass is 32.1. The van der Waals surface area contributed by atoms with Crippen molar-refractivity contribution in [2.45, 2.75) is 64.9 Å². The summed E-state index contributed by atoms with van der Waals surface area (Å²) < 4.78 is 5.00. The summed E-state index contributed by atoms with van der Waals surface area (Å²) in [4.78, 5) is 27.0. The standard InChI is InChI=1S/C27H32N4O3S/c1-16-10-18(12-19(11-16)30-25-29-13-17-6-5-7-21(17)31-25)22-14-28-24(35-22)27(33)9-8-20(23(32)34-4)26(2,3)15-27/h10-14,20,33H,5-9,15H2,1-4H3,(H,29,30,31). The predicted molar refractivity (Wildman–Crippen MR) is 137 cm³/mol. The molecule has 1 saturated carbocycles. The van der Waals surface area contributed by atoms with Crippen LogP contribution in [0, 0.1) is 18.3 Å². The van der Waals surface area contributed by atoms with Crippen molar-refractivity contribution in [1.29, 1.82) is 0 Å². The van der Waals surface area contributed by atoms with Gasteiger partial charge in [0.1, 0.15) is 10.6 Å². The van der Waals surface area contributed by atoms with E-state index in [9.17, 15) is 9.90 Å². The Morgan fingerprint density at radius 1 is 1.20 bits per heavy atom. The summed E-state index contributed by atoms with van der Waals surface area (Å²) in [7, 11) is 1.42. The highest BCUT2D eigenvalue weighted by Crippen LogP contribution is 2.51. The van der Waals surface area contributed by atoms with E-state index in [1.165, 1.54) is 24.0 Å². The Labute approximate surface area is 210 Å². The molecular formula is C27H32N4O3S. The SMILES string of the molecule is COC(=O)C1CCC(O)(c2ncc(-c3cc(C)cc(Nc4ncc5c(n4)CCC5)c3)s2)CC1(C)C. The smallest absolute Gasteiger partial charge is 0.309 e. The molecule has 1 fully saturated rings. The van der Waals surface area contributed by atoms with E-state index in [1.54, 1.807) is 0 Å². The Bertz CT molecular complexity index is 1270. The Kier molecular flexibility index (Phi) is 6.13. The molecule has 35 heavy (non-hydrogen) atoms. The number of aliphatic hydroxyl groups is 1. The van der Waals surface area contributed by atoms with Gasteiger partial charge in [0, 0.05) is 23.8 Å². The molecule has 0 aliphatic heterocycles. The molecule has 2 N–H and O–H groups in total. The van der Waals surface area contributed by atoms with E-state index in [1.807, 2.05) is 26.2 Å². The van der Waals surface area contributed by atoms with Gasteiger partial charge in [0.2, 0.25) is 5.95 Å². The number of anilines is 2. The summed E-state index contributed by atoms with van der Waals surface area (Å²) in [5.74, 6) is 0.189.